The number of hydrogen-bond acceptors (Lipinski definition) is 5. The number of benzene rings is 2. The van der Waals surface area contributed by atoms with Gasteiger partial charge in [0, 0.05) is 10.9 Å². The number of pyridine rings is 1. The van der Waals surface area contributed by atoms with Crippen LogP contribution in [-0.2, 0) is 9.53 Å². The predicted molar refractivity (Wildman–Crippen MR) is 114 cm³/mol. The number of hydrogen-bond donors (Lipinski definition) is 1. The lowest BCUT2D eigenvalue weighted by Gasteiger charge is -2.28. The Bertz CT molecular complexity index is 1250. The highest BCUT2D eigenvalue weighted by atomic mass is 16.5. The second-order valence-electron chi connectivity index (χ2n) is 8.51. The first kappa shape index (κ1) is 20.0. The molecule has 0 unspecified atom stereocenters. The van der Waals surface area contributed by atoms with Crippen LogP contribution in [0.4, 0.5) is 0 Å². The lowest BCUT2D eigenvalue weighted by atomic mass is 9.88. The molecule has 0 spiro atoms. The molecule has 1 N–H and O–H groups in total. The smallest absolute Gasteiger partial charge is 0.337 e. The molecule has 2 aromatic carbocycles. The van der Waals surface area contributed by atoms with E-state index in [1.165, 1.54) is 0 Å². The number of carbonyl (C=O) groups is 1. The van der Waals surface area contributed by atoms with Crippen LogP contribution in [0.2, 0.25) is 0 Å². The number of aryl methyl sites for hydroxylation is 2. The molecule has 4 rings (SSSR count). The summed E-state index contributed by atoms with van der Waals surface area (Å²) >= 11 is 0. The van der Waals surface area contributed by atoms with Gasteiger partial charge in [0.25, 0.3) is 0 Å². The lowest BCUT2D eigenvalue weighted by Crippen LogP contribution is -2.28. The molecular weight excluding hydrogens is 380 g/mol. The van der Waals surface area contributed by atoms with Crippen LogP contribution < -0.4 is 0 Å². The summed E-state index contributed by atoms with van der Waals surface area (Å²) in [5.41, 5.74) is 5.12. The van der Waals surface area contributed by atoms with Crippen LogP contribution in [0.3, 0.4) is 0 Å². The van der Waals surface area contributed by atoms with Crippen molar-refractivity contribution in [2.75, 3.05) is 0 Å². The number of ether oxygens (including phenoxy) is 1. The average molecular weight is 404 g/mol. The second kappa shape index (κ2) is 7.18. The Morgan fingerprint density at radius 1 is 1.10 bits per heavy atom. The molecule has 0 amide bonds. The van der Waals surface area contributed by atoms with Crippen molar-refractivity contribution in [2.45, 2.75) is 46.3 Å². The molecule has 30 heavy (non-hydrogen) atoms. The Morgan fingerprint density at radius 3 is 2.43 bits per heavy atom. The SMILES string of the molecule is Cc1ccc(-c2c([C@H](OC(C)(C)C)C(=O)O)c(C)cc3c2ccc2nnnn23)cc1. The van der Waals surface area contributed by atoms with Crippen LogP contribution in [-0.4, -0.2) is 36.7 Å². The van der Waals surface area contributed by atoms with E-state index in [0.717, 1.165) is 33.2 Å². The minimum absolute atomic E-state index is 0.630. The monoisotopic (exact) mass is 404 g/mol. The summed E-state index contributed by atoms with van der Waals surface area (Å²) < 4.78 is 7.70. The van der Waals surface area contributed by atoms with E-state index in [4.69, 9.17) is 4.74 Å². The fraction of sp³-hybridized carbons (Fsp3) is 0.304. The Morgan fingerprint density at radius 2 is 1.80 bits per heavy atom. The maximum absolute atomic E-state index is 12.3. The van der Waals surface area contributed by atoms with Crippen molar-refractivity contribution >= 4 is 22.5 Å². The molecule has 0 aliphatic rings. The molecule has 2 heterocycles. The molecular formula is C23H24N4O3. The lowest BCUT2D eigenvalue weighted by molar-refractivity contribution is -0.160. The maximum Gasteiger partial charge on any atom is 0.337 e. The molecule has 7 heteroatoms. The molecule has 0 aliphatic heterocycles. The van der Waals surface area contributed by atoms with E-state index in [0.29, 0.717) is 11.2 Å². The van der Waals surface area contributed by atoms with Gasteiger partial charge in [0.2, 0.25) is 0 Å². The summed E-state index contributed by atoms with van der Waals surface area (Å²) in [6.45, 7) is 9.49. The zero-order valence-corrected chi connectivity index (χ0v) is 17.7. The van der Waals surface area contributed by atoms with Gasteiger partial charge in [-0.1, -0.05) is 29.8 Å². The number of rotatable bonds is 4. The number of carboxylic acids is 1. The Balaban J connectivity index is 2.11. The number of aliphatic carboxylic acids is 1. The number of carboxylic acid groups (broad SMARTS) is 1. The Labute approximate surface area is 174 Å². The number of nitrogens with zero attached hydrogens (tertiary/aromatic N) is 4. The van der Waals surface area contributed by atoms with E-state index >= 15 is 0 Å². The van der Waals surface area contributed by atoms with Gasteiger partial charge in [0.05, 0.1) is 11.1 Å². The van der Waals surface area contributed by atoms with E-state index in [9.17, 15) is 9.90 Å². The van der Waals surface area contributed by atoms with Crippen molar-refractivity contribution in [3.63, 3.8) is 0 Å². The first-order valence-electron chi connectivity index (χ1n) is 9.78. The van der Waals surface area contributed by atoms with Gasteiger partial charge in [0.15, 0.2) is 11.8 Å². The van der Waals surface area contributed by atoms with Gasteiger partial charge in [-0.2, -0.15) is 4.52 Å². The van der Waals surface area contributed by atoms with Crippen molar-refractivity contribution in [3.05, 3.63) is 59.2 Å². The predicted octanol–water partition coefficient (Wildman–Crippen LogP) is 4.50. The van der Waals surface area contributed by atoms with Crippen molar-refractivity contribution in [1.29, 1.82) is 0 Å². The molecule has 7 nitrogen and oxygen atoms in total. The molecule has 4 aromatic rings. The summed E-state index contributed by atoms with van der Waals surface area (Å²) in [7, 11) is 0. The van der Waals surface area contributed by atoms with Crippen molar-refractivity contribution < 1.29 is 14.6 Å². The summed E-state index contributed by atoms with van der Waals surface area (Å²) in [4.78, 5) is 12.3. The molecule has 0 saturated carbocycles. The van der Waals surface area contributed by atoms with Crippen molar-refractivity contribution in [3.8, 4) is 11.1 Å². The third-order valence-electron chi connectivity index (χ3n) is 5.01. The van der Waals surface area contributed by atoms with E-state index in [1.54, 1.807) is 4.52 Å². The van der Waals surface area contributed by atoms with E-state index in [1.807, 2.05) is 77.1 Å². The third-order valence-corrected chi connectivity index (χ3v) is 5.01. The van der Waals surface area contributed by atoms with Crippen LogP contribution in [0.1, 0.15) is 43.6 Å². The zero-order valence-electron chi connectivity index (χ0n) is 17.7. The van der Waals surface area contributed by atoms with E-state index in [-0.39, 0.29) is 0 Å². The summed E-state index contributed by atoms with van der Waals surface area (Å²) in [5, 5.41) is 22.9. The minimum atomic E-state index is -1.12. The highest BCUT2D eigenvalue weighted by Gasteiger charge is 2.31. The highest BCUT2D eigenvalue weighted by molar-refractivity contribution is 6.00. The van der Waals surface area contributed by atoms with Gasteiger partial charge in [-0.25, -0.2) is 4.79 Å². The quantitative estimate of drug-likeness (QED) is 0.539. The van der Waals surface area contributed by atoms with E-state index < -0.39 is 17.7 Å². The fourth-order valence-electron chi connectivity index (χ4n) is 3.76. The first-order valence-corrected chi connectivity index (χ1v) is 9.78. The first-order chi connectivity index (χ1) is 14.2. The molecule has 2 aromatic heterocycles. The van der Waals surface area contributed by atoms with Gasteiger partial charge in [-0.3, -0.25) is 0 Å². The van der Waals surface area contributed by atoms with Crippen LogP contribution >= 0.6 is 0 Å². The molecule has 154 valence electrons. The molecule has 0 radical (unpaired) electrons. The van der Waals surface area contributed by atoms with Crippen LogP contribution in [0.25, 0.3) is 27.7 Å². The molecule has 1 atom stereocenters. The number of tetrazole rings is 1. The van der Waals surface area contributed by atoms with Crippen LogP contribution in [0.15, 0.2) is 42.5 Å². The van der Waals surface area contributed by atoms with Crippen molar-refractivity contribution in [2.24, 2.45) is 0 Å². The third kappa shape index (κ3) is 3.52. The Kier molecular flexibility index (Phi) is 4.78. The summed E-state index contributed by atoms with van der Waals surface area (Å²) in [6, 6.07) is 13.7. The van der Waals surface area contributed by atoms with Crippen molar-refractivity contribution in [1.82, 2.24) is 20.0 Å². The largest absolute Gasteiger partial charge is 0.479 e. The molecule has 0 saturated heterocycles. The maximum atomic E-state index is 12.3. The van der Waals surface area contributed by atoms with Gasteiger partial charge in [-0.05, 0) is 79.9 Å². The topological polar surface area (TPSA) is 89.6 Å². The molecule has 0 fully saturated rings. The highest BCUT2D eigenvalue weighted by Crippen LogP contribution is 2.40. The molecule has 0 bridgehead atoms. The average Bonchev–Trinajstić information content (AvgIpc) is 3.14. The van der Waals surface area contributed by atoms with Gasteiger partial charge >= 0.3 is 5.97 Å². The molecule has 0 aliphatic carbocycles. The van der Waals surface area contributed by atoms with E-state index in [2.05, 4.69) is 15.5 Å². The number of fused-ring (bicyclic) bond motifs is 3. The summed E-state index contributed by atoms with van der Waals surface area (Å²) in [6.07, 6.45) is -1.12. The van der Waals surface area contributed by atoms with Gasteiger partial charge in [0.1, 0.15) is 0 Å². The second-order valence-corrected chi connectivity index (χ2v) is 8.51. The summed E-state index contributed by atoms with van der Waals surface area (Å²) in [5.74, 6) is -1.02. The zero-order chi connectivity index (χ0) is 21.6. The normalized spacial score (nSPS) is 13.1. The van der Waals surface area contributed by atoms with Gasteiger partial charge in [-0.15, -0.1) is 5.10 Å². The van der Waals surface area contributed by atoms with Crippen LogP contribution in [0, 0.1) is 13.8 Å². The Hall–Kier alpha value is -3.32. The standard InChI is InChI=1S/C23H24N4O3/c1-13-6-8-15(9-7-13)20-16-10-11-18-24-25-26-27(18)17(16)12-14(2)19(20)21(22(28)29)30-23(3,4)5/h6-12,21H,1-5H3,(H,28,29)/t21-/m0/s1. The fourth-order valence-corrected chi connectivity index (χ4v) is 3.76. The van der Waals surface area contributed by atoms with Crippen LogP contribution in [0.5, 0.6) is 0 Å². The van der Waals surface area contributed by atoms with Gasteiger partial charge < -0.3 is 9.84 Å². The number of aromatic nitrogens is 4. The minimum Gasteiger partial charge on any atom is -0.479 e.